The number of fused-ring (bicyclic) bond motifs is 1. The fourth-order valence-electron chi connectivity index (χ4n) is 2.83. The summed E-state index contributed by atoms with van der Waals surface area (Å²) in [5.74, 6) is 1.27. The highest BCUT2D eigenvalue weighted by molar-refractivity contribution is 5.64. The summed E-state index contributed by atoms with van der Waals surface area (Å²) in [6, 6.07) is 11.6. The zero-order valence-electron chi connectivity index (χ0n) is 14.5. The van der Waals surface area contributed by atoms with Crippen molar-refractivity contribution in [2.24, 2.45) is 5.92 Å². The van der Waals surface area contributed by atoms with E-state index in [0.717, 1.165) is 35.6 Å². The third kappa shape index (κ3) is 3.41. The van der Waals surface area contributed by atoms with Gasteiger partial charge >= 0.3 is 0 Å². The number of H-pyrrole nitrogens is 1. The Kier molecular flexibility index (Phi) is 4.81. The van der Waals surface area contributed by atoms with Gasteiger partial charge in [0.1, 0.15) is 0 Å². The second-order valence-corrected chi connectivity index (χ2v) is 6.56. The Bertz CT molecular complexity index is 878. The van der Waals surface area contributed by atoms with Crippen molar-refractivity contribution in [2.45, 2.75) is 33.7 Å². The molecule has 126 valence electrons. The van der Waals surface area contributed by atoms with Crippen molar-refractivity contribution in [3.05, 3.63) is 58.1 Å². The van der Waals surface area contributed by atoms with Crippen LogP contribution in [0.2, 0.25) is 0 Å². The number of rotatable bonds is 6. The largest absolute Gasteiger partial charge is 0.327 e. The minimum atomic E-state index is -0.0448. The molecule has 0 saturated heterocycles. The van der Waals surface area contributed by atoms with Gasteiger partial charge in [-0.15, -0.1) is 0 Å². The molecule has 2 N–H and O–H groups in total. The monoisotopic (exact) mass is 324 g/mol. The van der Waals surface area contributed by atoms with Crippen LogP contribution in [0.25, 0.3) is 17.0 Å². The highest BCUT2D eigenvalue weighted by Gasteiger charge is 2.13. The molecule has 0 atom stereocenters. The first-order chi connectivity index (χ1) is 11.6. The van der Waals surface area contributed by atoms with Gasteiger partial charge < -0.3 is 10.3 Å². The molecule has 0 amide bonds. The van der Waals surface area contributed by atoms with Crippen molar-refractivity contribution in [3.8, 4) is 11.3 Å². The van der Waals surface area contributed by atoms with Gasteiger partial charge in [0.15, 0.2) is 0 Å². The van der Waals surface area contributed by atoms with Gasteiger partial charge in [0, 0.05) is 23.9 Å². The topological polar surface area (TPSA) is 62.2 Å². The van der Waals surface area contributed by atoms with E-state index < -0.39 is 0 Å². The highest BCUT2D eigenvalue weighted by atomic mass is 16.1. The molecule has 5 heteroatoms. The molecular weight excluding hydrogens is 300 g/mol. The fraction of sp³-hybridized carbons (Fsp3) is 0.368. The fourth-order valence-corrected chi connectivity index (χ4v) is 2.83. The number of hydrogen-bond acceptors (Lipinski definition) is 3. The number of aryl methyl sites for hydroxylation is 1. The van der Waals surface area contributed by atoms with Gasteiger partial charge in [-0.3, -0.25) is 4.79 Å². The van der Waals surface area contributed by atoms with E-state index in [4.69, 9.17) is 0 Å². The third-order valence-corrected chi connectivity index (χ3v) is 4.16. The summed E-state index contributed by atoms with van der Waals surface area (Å²) < 4.78 is 1.64. The molecule has 3 rings (SSSR count). The van der Waals surface area contributed by atoms with Gasteiger partial charge in [-0.25, -0.2) is 9.38 Å². The lowest BCUT2D eigenvalue weighted by Crippen LogP contribution is -2.21. The van der Waals surface area contributed by atoms with E-state index in [0.29, 0.717) is 18.2 Å². The Labute approximate surface area is 141 Å². The molecule has 0 bridgehead atoms. The number of imidazole rings is 1. The molecule has 3 aromatic rings. The molecule has 5 nitrogen and oxygen atoms in total. The predicted molar refractivity (Wildman–Crippen MR) is 97.1 cm³/mol. The van der Waals surface area contributed by atoms with Crippen LogP contribution in [0.15, 0.2) is 41.2 Å². The number of aromatic amines is 1. The molecule has 0 aliphatic rings. The summed E-state index contributed by atoms with van der Waals surface area (Å²) in [7, 11) is 0. The minimum Gasteiger partial charge on any atom is -0.327 e. The average Bonchev–Trinajstić information content (AvgIpc) is 2.89. The molecule has 2 heterocycles. The van der Waals surface area contributed by atoms with Crippen molar-refractivity contribution in [3.63, 3.8) is 0 Å². The first kappa shape index (κ1) is 16.5. The van der Waals surface area contributed by atoms with Crippen LogP contribution in [0.4, 0.5) is 0 Å². The Balaban J connectivity index is 1.90. The molecule has 2 aromatic heterocycles. The summed E-state index contributed by atoms with van der Waals surface area (Å²) >= 11 is 0. The quantitative estimate of drug-likeness (QED) is 0.685. The second kappa shape index (κ2) is 7.01. The lowest BCUT2D eigenvalue weighted by atomic mass is 10.1. The maximum Gasteiger partial charge on any atom is 0.259 e. The summed E-state index contributed by atoms with van der Waals surface area (Å²) in [5.41, 5.74) is 3.53. The number of nitrogens with zero attached hydrogens (tertiary/aromatic N) is 2. The van der Waals surface area contributed by atoms with Gasteiger partial charge in [-0.2, -0.15) is 0 Å². The van der Waals surface area contributed by atoms with Crippen LogP contribution in [0.1, 0.15) is 31.7 Å². The Hall–Kier alpha value is -2.40. The van der Waals surface area contributed by atoms with E-state index in [1.807, 2.05) is 37.3 Å². The standard InChI is InChI=1S/C19H24N4O/c1-13(2)9-10-20-12-16-11-17(24)23-14(3)18(22-19(23)21-16)15-7-5-4-6-8-15/h4-8,11,13,20H,9-10,12H2,1-3H3,(H,21,22). The molecular formula is C19H24N4O. The zero-order valence-corrected chi connectivity index (χ0v) is 14.5. The van der Waals surface area contributed by atoms with Crippen molar-refractivity contribution >= 4 is 5.78 Å². The van der Waals surface area contributed by atoms with Gasteiger partial charge in [0.05, 0.1) is 11.4 Å². The van der Waals surface area contributed by atoms with Crippen molar-refractivity contribution < 1.29 is 0 Å². The van der Waals surface area contributed by atoms with Crippen LogP contribution in [0.5, 0.6) is 0 Å². The van der Waals surface area contributed by atoms with Gasteiger partial charge in [0.25, 0.3) is 5.56 Å². The third-order valence-electron chi connectivity index (χ3n) is 4.16. The lowest BCUT2D eigenvalue weighted by Gasteiger charge is -2.07. The number of benzene rings is 1. The summed E-state index contributed by atoms with van der Waals surface area (Å²) in [6.07, 6.45) is 1.12. The van der Waals surface area contributed by atoms with Crippen LogP contribution in [0.3, 0.4) is 0 Å². The molecule has 1 aromatic carbocycles. The summed E-state index contributed by atoms with van der Waals surface area (Å²) in [5, 5.41) is 3.37. The minimum absolute atomic E-state index is 0.0448. The highest BCUT2D eigenvalue weighted by Crippen LogP contribution is 2.21. The van der Waals surface area contributed by atoms with Crippen LogP contribution in [0, 0.1) is 12.8 Å². The van der Waals surface area contributed by atoms with Crippen molar-refractivity contribution in [2.75, 3.05) is 6.54 Å². The molecule has 0 aliphatic carbocycles. The number of hydrogen-bond donors (Lipinski definition) is 2. The van der Waals surface area contributed by atoms with Crippen molar-refractivity contribution in [1.29, 1.82) is 0 Å². The Morgan fingerprint density at radius 1 is 1.25 bits per heavy atom. The van der Waals surface area contributed by atoms with E-state index in [1.54, 1.807) is 10.5 Å². The van der Waals surface area contributed by atoms with Gasteiger partial charge in [-0.05, 0) is 25.8 Å². The first-order valence-corrected chi connectivity index (χ1v) is 8.43. The summed E-state index contributed by atoms with van der Waals surface area (Å²) in [4.78, 5) is 20.4. The predicted octanol–water partition coefficient (Wildman–Crippen LogP) is 3.13. The number of aromatic nitrogens is 3. The normalized spacial score (nSPS) is 11.5. The molecule has 0 unspecified atom stereocenters. The molecule has 24 heavy (non-hydrogen) atoms. The average molecular weight is 324 g/mol. The van der Waals surface area contributed by atoms with Crippen LogP contribution in [-0.2, 0) is 6.54 Å². The SMILES string of the molecule is Cc1c(-c2ccccc2)nc2[nH]c(CNCCC(C)C)cc(=O)n12. The van der Waals surface area contributed by atoms with E-state index in [9.17, 15) is 4.79 Å². The number of nitrogens with one attached hydrogen (secondary N) is 2. The molecule has 0 fully saturated rings. The van der Waals surface area contributed by atoms with E-state index in [-0.39, 0.29) is 5.56 Å². The van der Waals surface area contributed by atoms with Crippen LogP contribution in [-0.4, -0.2) is 20.9 Å². The van der Waals surface area contributed by atoms with Gasteiger partial charge in [0.2, 0.25) is 5.78 Å². The molecule has 0 aliphatic heterocycles. The Morgan fingerprint density at radius 2 is 2.00 bits per heavy atom. The second-order valence-electron chi connectivity index (χ2n) is 6.56. The Morgan fingerprint density at radius 3 is 2.71 bits per heavy atom. The zero-order chi connectivity index (χ0) is 17.1. The lowest BCUT2D eigenvalue weighted by molar-refractivity contribution is 0.535. The smallest absolute Gasteiger partial charge is 0.259 e. The molecule has 0 saturated carbocycles. The molecule has 0 radical (unpaired) electrons. The molecule has 0 spiro atoms. The van der Waals surface area contributed by atoms with Crippen molar-refractivity contribution in [1.82, 2.24) is 19.7 Å². The summed E-state index contributed by atoms with van der Waals surface area (Å²) in [6.45, 7) is 7.92. The van der Waals surface area contributed by atoms with Gasteiger partial charge in [-0.1, -0.05) is 44.2 Å². The first-order valence-electron chi connectivity index (χ1n) is 8.43. The maximum atomic E-state index is 12.5. The van der Waals surface area contributed by atoms with E-state index in [2.05, 4.69) is 29.1 Å². The van der Waals surface area contributed by atoms with Crippen LogP contribution < -0.4 is 10.9 Å². The maximum absolute atomic E-state index is 12.5. The van der Waals surface area contributed by atoms with Crippen LogP contribution >= 0.6 is 0 Å². The van der Waals surface area contributed by atoms with E-state index >= 15 is 0 Å². The van der Waals surface area contributed by atoms with E-state index in [1.165, 1.54) is 0 Å².